The van der Waals surface area contributed by atoms with Gasteiger partial charge in [-0.2, -0.15) is 0 Å². The Labute approximate surface area is 160 Å². The molecule has 0 radical (unpaired) electrons. The van der Waals surface area contributed by atoms with Crippen molar-refractivity contribution in [2.45, 2.75) is 6.92 Å². The van der Waals surface area contributed by atoms with Gasteiger partial charge in [-0.05, 0) is 25.1 Å². The second-order valence-electron chi connectivity index (χ2n) is 6.16. The summed E-state index contributed by atoms with van der Waals surface area (Å²) in [5.41, 5.74) is 0.267. The number of hydrogen-bond acceptors (Lipinski definition) is 5. The number of pyridine rings is 1. The fraction of sp³-hybridized carbons (Fsp3) is 0.316. The van der Waals surface area contributed by atoms with E-state index in [0.717, 1.165) is 12.1 Å². The van der Waals surface area contributed by atoms with Gasteiger partial charge in [-0.15, -0.1) is 0 Å². The number of carbonyl (C=O) groups is 2. The van der Waals surface area contributed by atoms with Gasteiger partial charge >= 0.3 is 6.09 Å². The Hall–Kier alpha value is -3.23. The molecule has 1 aromatic carbocycles. The molecule has 1 fully saturated rings. The van der Waals surface area contributed by atoms with Crippen molar-refractivity contribution in [3.8, 4) is 0 Å². The molecule has 2 heterocycles. The first-order valence-electron chi connectivity index (χ1n) is 8.86. The number of benzene rings is 1. The molecule has 2 amide bonds. The third-order valence-electron chi connectivity index (χ3n) is 4.31. The fourth-order valence-electron chi connectivity index (χ4n) is 2.88. The van der Waals surface area contributed by atoms with Gasteiger partial charge in [0.15, 0.2) is 0 Å². The molecule has 1 aliphatic heterocycles. The number of halogens is 2. The number of nitrogens with zero attached hydrogens (tertiary/aromatic N) is 3. The number of aromatic nitrogens is 1. The summed E-state index contributed by atoms with van der Waals surface area (Å²) < 4.78 is 32.6. The van der Waals surface area contributed by atoms with Gasteiger partial charge in [0, 0.05) is 32.4 Å². The highest BCUT2D eigenvalue weighted by molar-refractivity contribution is 5.95. The Morgan fingerprint density at radius 1 is 1.11 bits per heavy atom. The molecule has 0 saturated carbocycles. The summed E-state index contributed by atoms with van der Waals surface area (Å²) in [5, 5.41) is 2.62. The number of hydrogen-bond donors (Lipinski definition) is 1. The maximum Gasteiger partial charge on any atom is 0.409 e. The van der Waals surface area contributed by atoms with Crippen LogP contribution in [0.2, 0.25) is 0 Å². The summed E-state index contributed by atoms with van der Waals surface area (Å²) in [5.74, 6) is -1.76. The van der Waals surface area contributed by atoms with Gasteiger partial charge < -0.3 is 19.9 Å². The molecule has 0 unspecified atom stereocenters. The zero-order valence-electron chi connectivity index (χ0n) is 15.3. The SMILES string of the molecule is CCOC(=O)N1CCN(C(=O)c2cncc(Nc3c(F)cccc3F)c2)CC1. The normalized spacial score (nSPS) is 14.0. The summed E-state index contributed by atoms with van der Waals surface area (Å²) in [4.78, 5) is 31.6. The highest BCUT2D eigenvalue weighted by atomic mass is 19.1. The number of ether oxygens (including phenoxy) is 1. The molecule has 1 aliphatic rings. The van der Waals surface area contributed by atoms with Crippen LogP contribution in [0.3, 0.4) is 0 Å². The van der Waals surface area contributed by atoms with Crippen molar-refractivity contribution >= 4 is 23.4 Å². The molecular weight excluding hydrogens is 370 g/mol. The summed E-state index contributed by atoms with van der Waals surface area (Å²) in [6.45, 7) is 3.49. The molecular formula is C19H20F2N4O3. The Balaban J connectivity index is 1.67. The topological polar surface area (TPSA) is 74.8 Å². The maximum atomic E-state index is 13.8. The molecule has 7 nitrogen and oxygen atoms in total. The molecule has 3 rings (SSSR count). The van der Waals surface area contributed by atoms with Gasteiger partial charge in [-0.3, -0.25) is 9.78 Å². The molecule has 1 N–H and O–H groups in total. The molecule has 0 spiro atoms. The van der Waals surface area contributed by atoms with Gasteiger partial charge in [-0.25, -0.2) is 13.6 Å². The highest BCUT2D eigenvalue weighted by Crippen LogP contribution is 2.23. The van der Waals surface area contributed by atoms with Gasteiger partial charge in [0.2, 0.25) is 0 Å². The van der Waals surface area contributed by atoms with E-state index in [1.54, 1.807) is 16.7 Å². The minimum atomic E-state index is -0.744. The predicted octanol–water partition coefficient (Wildman–Crippen LogP) is 3.02. The molecule has 2 aromatic rings. The molecule has 1 aromatic heterocycles. The van der Waals surface area contributed by atoms with Gasteiger partial charge in [-0.1, -0.05) is 6.07 Å². The lowest BCUT2D eigenvalue weighted by atomic mass is 10.2. The smallest absolute Gasteiger partial charge is 0.409 e. The Morgan fingerprint density at radius 2 is 1.75 bits per heavy atom. The maximum absolute atomic E-state index is 13.8. The second kappa shape index (κ2) is 8.64. The third-order valence-corrected chi connectivity index (χ3v) is 4.31. The van der Waals surface area contributed by atoms with Crippen LogP contribution in [0, 0.1) is 11.6 Å². The first-order valence-corrected chi connectivity index (χ1v) is 8.86. The third kappa shape index (κ3) is 4.36. The number of para-hydroxylation sites is 1. The van der Waals surface area contributed by atoms with Crippen LogP contribution in [-0.4, -0.2) is 59.6 Å². The van der Waals surface area contributed by atoms with Crippen LogP contribution < -0.4 is 5.32 Å². The zero-order chi connectivity index (χ0) is 20.1. The van der Waals surface area contributed by atoms with E-state index in [1.165, 1.54) is 24.5 Å². The van der Waals surface area contributed by atoms with E-state index in [9.17, 15) is 18.4 Å². The van der Waals surface area contributed by atoms with Gasteiger partial charge in [0.25, 0.3) is 5.91 Å². The zero-order valence-corrected chi connectivity index (χ0v) is 15.3. The second-order valence-corrected chi connectivity index (χ2v) is 6.16. The average molecular weight is 390 g/mol. The number of nitrogens with one attached hydrogen (secondary N) is 1. The lowest BCUT2D eigenvalue weighted by Gasteiger charge is -2.34. The van der Waals surface area contributed by atoms with Crippen LogP contribution in [0.4, 0.5) is 25.0 Å². The van der Waals surface area contributed by atoms with Crippen LogP contribution in [0.25, 0.3) is 0 Å². The van der Waals surface area contributed by atoms with Gasteiger partial charge in [0.05, 0.1) is 24.1 Å². The standard InChI is InChI=1S/C19H20F2N4O3/c1-2-28-19(27)25-8-6-24(7-9-25)18(26)13-10-14(12-22-11-13)23-17-15(20)4-3-5-16(17)21/h3-5,10-12,23H,2,6-9H2,1H3. The summed E-state index contributed by atoms with van der Waals surface area (Å²) in [7, 11) is 0. The van der Waals surface area contributed by atoms with E-state index in [2.05, 4.69) is 10.3 Å². The molecule has 0 aliphatic carbocycles. The van der Waals surface area contributed by atoms with E-state index in [0.29, 0.717) is 38.5 Å². The lowest BCUT2D eigenvalue weighted by Crippen LogP contribution is -2.50. The van der Waals surface area contributed by atoms with E-state index in [4.69, 9.17) is 4.74 Å². The van der Waals surface area contributed by atoms with E-state index < -0.39 is 17.7 Å². The number of carbonyl (C=O) groups excluding carboxylic acids is 2. The fourth-order valence-corrected chi connectivity index (χ4v) is 2.88. The van der Waals surface area contributed by atoms with E-state index in [1.807, 2.05) is 0 Å². The summed E-state index contributed by atoms with van der Waals surface area (Å²) in [6, 6.07) is 5.02. The monoisotopic (exact) mass is 390 g/mol. The molecule has 1 saturated heterocycles. The van der Waals surface area contributed by atoms with Crippen LogP contribution >= 0.6 is 0 Å². The number of piperazine rings is 1. The summed E-state index contributed by atoms with van der Waals surface area (Å²) >= 11 is 0. The van der Waals surface area contributed by atoms with Crippen molar-refractivity contribution in [1.29, 1.82) is 0 Å². The molecule has 148 valence electrons. The van der Waals surface area contributed by atoms with E-state index >= 15 is 0 Å². The molecule has 0 atom stereocenters. The minimum absolute atomic E-state index is 0.270. The molecule has 28 heavy (non-hydrogen) atoms. The van der Waals surface area contributed by atoms with Crippen LogP contribution in [0.1, 0.15) is 17.3 Å². The van der Waals surface area contributed by atoms with Crippen molar-refractivity contribution in [2.24, 2.45) is 0 Å². The summed E-state index contributed by atoms with van der Waals surface area (Å²) in [6.07, 6.45) is 2.37. The largest absolute Gasteiger partial charge is 0.450 e. The molecule has 9 heteroatoms. The van der Waals surface area contributed by atoms with Crippen molar-refractivity contribution in [3.63, 3.8) is 0 Å². The first kappa shape index (κ1) is 19.5. The quantitative estimate of drug-likeness (QED) is 0.869. The number of anilines is 2. The Bertz CT molecular complexity index is 850. The van der Waals surface area contributed by atoms with Crippen LogP contribution in [-0.2, 0) is 4.74 Å². The number of rotatable bonds is 4. The Morgan fingerprint density at radius 3 is 2.39 bits per heavy atom. The minimum Gasteiger partial charge on any atom is -0.450 e. The van der Waals surface area contributed by atoms with Crippen molar-refractivity contribution in [3.05, 3.63) is 53.9 Å². The molecule has 0 bridgehead atoms. The predicted molar refractivity (Wildman–Crippen MR) is 98.4 cm³/mol. The number of amides is 2. The van der Waals surface area contributed by atoms with Gasteiger partial charge in [0.1, 0.15) is 17.3 Å². The lowest BCUT2D eigenvalue weighted by molar-refractivity contribution is 0.0570. The van der Waals surface area contributed by atoms with Crippen LogP contribution in [0.5, 0.6) is 0 Å². The van der Waals surface area contributed by atoms with Crippen molar-refractivity contribution in [2.75, 3.05) is 38.1 Å². The van der Waals surface area contributed by atoms with Crippen molar-refractivity contribution in [1.82, 2.24) is 14.8 Å². The first-order chi connectivity index (χ1) is 13.5. The van der Waals surface area contributed by atoms with Crippen molar-refractivity contribution < 1.29 is 23.1 Å². The Kier molecular flexibility index (Phi) is 6.03. The average Bonchev–Trinajstić information content (AvgIpc) is 2.71. The van der Waals surface area contributed by atoms with E-state index in [-0.39, 0.29) is 17.2 Å². The van der Waals surface area contributed by atoms with Crippen LogP contribution in [0.15, 0.2) is 36.7 Å². The highest BCUT2D eigenvalue weighted by Gasteiger charge is 2.25.